The van der Waals surface area contributed by atoms with E-state index in [4.69, 9.17) is 0 Å². The normalized spacial score (nSPS) is 11.5. The van der Waals surface area contributed by atoms with Gasteiger partial charge < -0.3 is 4.90 Å². The number of nitrogens with zero attached hydrogens (tertiary/aromatic N) is 5. The van der Waals surface area contributed by atoms with Crippen molar-refractivity contribution in [1.29, 1.82) is 0 Å². The van der Waals surface area contributed by atoms with Crippen LogP contribution in [0.1, 0.15) is 25.2 Å². The van der Waals surface area contributed by atoms with Crippen LogP contribution in [0, 0.1) is 19.7 Å². The summed E-state index contributed by atoms with van der Waals surface area (Å²) < 4.78 is 16.6. The number of likely N-dealkylation sites (N-methyl/N-ethyl adjacent to an activating group) is 1. The van der Waals surface area contributed by atoms with Gasteiger partial charge in [0.1, 0.15) is 17.9 Å². The molecule has 8 heteroatoms. The van der Waals surface area contributed by atoms with Crippen molar-refractivity contribution in [3.05, 3.63) is 41.5 Å². The SMILES string of the molecule is CCN(CC)CCN(C(=O)Cn1nc(C)cc1C)c1nc2c(F)cccc2s1. The minimum atomic E-state index is -0.366. The van der Waals surface area contributed by atoms with Crippen molar-refractivity contribution in [2.45, 2.75) is 34.2 Å². The molecule has 0 unspecified atom stereocenters. The first-order chi connectivity index (χ1) is 13.4. The number of benzene rings is 1. The predicted molar refractivity (Wildman–Crippen MR) is 111 cm³/mol. The zero-order valence-corrected chi connectivity index (χ0v) is 17.6. The van der Waals surface area contributed by atoms with Crippen LogP contribution in [0.4, 0.5) is 9.52 Å². The van der Waals surface area contributed by atoms with Gasteiger partial charge in [-0.15, -0.1) is 0 Å². The second kappa shape index (κ2) is 8.79. The molecule has 0 aliphatic carbocycles. The average Bonchev–Trinajstić information content (AvgIpc) is 3.22. The van der Waals surface area contributed by atoms with E-state index in [1.807, 2.05) is 26.0 Å². The molecule has 0 fully saturated rings. The highest BCUT2D eigenvalue weighted by Crippen LogP contribution is 2.30. The standard InChI is InChI=1S/C20H26FN5OS/c1-5-24(6-2)10-11-25(18(27)13-26-15(4)12-14(3)23-26)20-22-19-16(21)8-7-9-17(19)28-20/h7-9,12H,5-6,10-11,13H2,1-4H3. The van der Waals surface area contributed by atoms with Crippen LogP contribution in [-0.2, 0) is 11.3 Å². The number of amides is 1. The number of halogens is 1. The van der Waals surface area contributed by atoms with Crippen LogP contribution >= 0.6 is 11.3 Å². The summed E-state index contributed by atoms with van der Waals surface area (Å²) in [5.41, 5.74) is 2.13. The number of aromatic nitrogens is 3. The summed E-state index contributed by atoms with van der Waals surface area (Å²) in [6, 6.07) is 6.83. The lowest BCUT2D eigenvalue weighted by Gasteiger charge is -2.24. The molecule has 1 aromatic carbocycles. The van der Waals surface area contributed by atoms with E-state index in [1.165, 1.54) is 17.4 Å². The zero-order chi connectivity index (χ0) is 20.3. The Kier molecular flexibility index (Phi) is 6.41. The molecule has 6 nitrogen and oxygen atoms in total. The molecule has 0 aliphatic rings. The Morgan fingerprint density at radius 3 is 2.57 bits per heavy atom. The van der Waals surface area contributed by atoms with E-state index < -0.39 is 0 Å². The summed E-state index contributed by atoms with van der Waals surface area (Å²) in [7, 11) is 0. The fourth-order valence-electron chi connectivity index (χ4n) is 3.18. The maximum absolute atomic E-state index is 14.1. The van der Waals surface area contributed by atoms with Gasteiger partial charge in [0.2, 0.25) is 0 Å². The smallest absolute Gasteiger partial charge is 0.250 e. The molecule has 0 spiro atoms. The van der Waals surface area contributed by atoms with Crippen molar-refractivity contribution in [3.8, 4) is 0 Å². The number of thiazole rings is 1. The largest absolute Gasteiger partial charge is 0.302 e. The van der Waals surface area contributed by atoms with Gasteiger partial charge in [0.05, 0.1) is 10.4 Å². The molecule has 0 radical (unpaired) electrons. The number of fused-ring (bicyclic) bond motifs is 1. The number of rotatable bonds is 8. The van der Waals surface area contributed by atoms with Crippen LogP contribution < -0.4 is 4.90 Å². The van der Waals surface area contributed by atoms with Crippen LogP contribution in [0.15, 0.2) is 24.3 Å². The fourth-order valence-corrected chi connectivity index (χ4v) is 4.20. The summed E-state index contributed by atoms with van der Waals surface area (Å²) in [5, 5.41) is 4.92. The lowest BCUT2D eigenvalue weighted by Crippen LogP contribution is -2.40. The van der Waals surface area contributed by atoms with Gasteiger partial charge in [-0.1, -0.05) is 31.3 Å². The van der Waals surface area contributed by atoms with E-state index in [0.29, 0.717) is 17.2 Å². The van der Waals surface area contributed by atoms with Crippen molar-refractivity contribution in [2.75, 3.05) is 31.1 Å². The highest BCUT2D eigenvalue weighted by Gasteiger charge is 2.22. The minimum absolute atomic E-state index is 0.0992. The van der Waals surface area contributed by atoms with Crippen LogP contribution in [0.3, 0.4) is 0 Å². The Bertz CT molecular complexity index is 963. The first-order valence-electron chi connectivity index (χ1n) is 9.51. The van der Waals surface area contributed by atoms with Crippen molar-refractivity contribution >= 4 is 32.6 Å². The number of anilines is 1. The highest BCUT2D eigenvalue weighted by molar-refractivity contribution is 7.22. The number of para-hydroxylation sites is 1. The highest BCUT2D eigenvalue weighted by atomic mass is 32.1. The average molecular weight is 404 g/mol. The Morgan fingerprint density at radius 2 is 1.96 bits per heavy atom. The molecule has 3 aromatic rings. The van der Waals surface area contributed by atoms with Crippen LogP contribution in [-0.4, -0.2) is 51.8 Å². The van der Waals surface area contributed by atoms with Crippen molar-refractivity contribution in [3.63, 3.8) is 0 Å². The van der Waals surface area contributed by atoms with Crippen molar-refractivity contribution in [1.82, 2.24) is 19.7 Å². The van der Waals surface area contributed by atoms with Gasteiger partial charge in [-0.05, 0) is 45.1 Å². The molecule has 0 aliphatic heterocycles. The van der Waals surface area contributed by atoms with E-state index in [0.717, 1.165) is 35.7 Å². The second-order valence-electron chi connectivity index (χ2n) is 6.74. The third kappa shape index (κ3) is 4.39. The van der Waals surface area contributed by atoms with E-state index in [2.05, 4.69) is 28.8 Å². The summed E-state index contributed by atoms with van der Waals surface area (Å²) in [5.74, 6) is -0.465. The van der Waals surface area contributed by atoms with Gasteiger partial charge in [-0.25, -0.2) is 9.37 Å². The lowest BCUT2D eigenvalue weighted by atomic mass is 10.3. The monoisotopic (exact) mass is 403 g/mol. The molecule has 0 bridgehead atoms. The van der Waals surface area contributed by atoms with Gasteiger partial charge >= 0.3 is 0 Å². The van der Waals surface area contributed by atoms with Crippen LogP contribution in [0.25, 0.3) is 10.2 Å². The van der Waals surface area contributed by atoms with Crippen LogP contribution in [0.2, 0.25) is 0 Å². The van der Waals surface area contributed by atoms with Gasteiger partial charge in [0, 0.05) is 18.8 Å². The van der Waals surface area contributed by atoms with E-state index in [9.17, 15) is 9.18 Å². The molecule has 0 atom stereocenters. The molecule has 2 aromatic heterocycles. The van der Waals surface area contributed by atoms with Crippen molar-refractivity contribution < 1.29 is 9.18 Å². The second-order valence-corrected chi connectivity index (χ2v) is 7.75. The first-order valence-corrected chi connectivity index (χ1v) is 10.3. The van der Waals surface area contributed by atoms with Crippen molar-refractivity contribution in [2.24, 2.45) is 0 Å². The third-order valence-electron chi connectivity index (χ3n) is 4.81. The molecule has 2 heterocycles. The Hall–Kier alpha value is -2.32. The van der Waals surface area contributed by atoms with Crippen LogP contribution in [0.5, 0.6) is 0 Å². The van der Waals surface area contributed by atoms with Gasteiger partial charge in [-0.3, -0.25) is 14.4 Å². The molecule has 0 saturated heterocycles. The molecule has 1 amide bonds. The Labute approximate surface area is 168 Å². The quantitative estimate of drug-likeness (QED) is 0.576. The zero-order valence-electron chi connectivity index (χ0n) is 16.8. The topological polar surface area (TPSA) is 54.3 Å². The Morgan fingerprint density at radius 1 is 1.21 bits per heavy atom. The fraction of sp³-hybridized carbons (Fsp3) is 0.450. The molecule has 0 saturated carbocycles. The molecule has 28 heavy (non-hydrogen) atoms. The lowest BCUT2D eigenvalue weighted by molar-refractivity contribution is -0.119. The number of carbonyl (C=O) groups is 1. The number of hydrogen-bond donors (Lipinski definition) is 0. The van der Waals surface area contributed by atoms with Gasteiger partial charge in [0.25, 0.3) is 5.91 Å². The Balaban J connectivity index is 1.90. The van der Waals surface area contributed by atoms with E-state index in [-0.39, 0.29) is 18.3 Å². The maximum atomic E-state index is 14.1. The van der Waals surface area contributed by atoms with E-state index in [1.54, 1.807) is 15.6 Å². The summed E-state index contributed by atoms with van der Waals surface area (Å²) in [6.45, 7) is 11.2. The molecular weight excluding hydrogens is 377 g/mol. The first kappa shape index (κ1) is 20.4. The summed E-state index contributed by atoms with van der Waals surface area (Å²) in [4.78, 5) is 21.5. The number of carbonyl (C=O) groups excluding carboxylic acids is 1. The minimum Gasteiger partial charge on any atom is -0.302 e. The third-order valence-corrected chi connectivity index (χ3v) is 5.86. The van der Waals surface area contributed by atoms with Gasteiger partial charge in [-0.2, -0.15) is 5.10 Å². The van der Waals surface area contributed by atoms with E-state index >= 15 is 0 Å². The molecular formula is C20H26FN5OS. The molecule has 3 rings (SSSR count). The maximum Gasteiger partial charge on any atom is 0.250 e. The summed E-state index contributed by atoms with van der Waals surface area (Å²) in [6.07, 6.45) is 0. The number of hydrogen-bond acceptors (Lipinski definition) is 5. The number of aryl methyl sites for hydroxylation is 2. The predicted octanol–water partition coefficient (Wildman–Crippen LogP) is 3.62. The van der Waals surface area contributed by atoms with Gasteiger partial charge in [0.15, 0.2) is 5.13 Å². The molecule has 0 N–H and O–H groups in total. The molecule has 150 valence electrons. The summed E-state index contributed by atoms with van der Waals surface area (Å²) >= 11 is 1.34.